The van der Waals surface area contributed by atoms with Crippen LogP contribution in [-0.2, 0) is 4.79 Å². The molecule has 0 spiro atoms. The quantitative estimate of drug-likeness (QED) is 0.856. The molecular weight excluding hydrogens is 234 g/mol. The van der Waals surface area contributed by atoms with Gasteiger partial charge in [0, 0.05) is 18.2 Å². The van der Waals surface area contributed by atoms with Crippen molar-refractivity contribution in [1.29, 1.82) is 0 Å². The summed E-state index contributed by atoms with van der Waals surface area (Å²) in [6.07, 6.45) is 0. The van der Waals surface area contributed by atoms with Crippen molar-refractivity contribution in [2.24, 2.45) is 0 Å². The Morgan fingerprint density at radius 3 is 2.33 bits per heavy atom. The van der Waals surface area contributed by atoms with Crippen molar-refractivity contribution >= 4 is 11.9 Å². The number of carboxylic acids is 1. The second-order valence-corrected chi connectivity index (χ2v) is 4.68. The number of phenols is 1. The largest absolute Gasteiger partial charge is 0.508 e. The summed E-state index contributed by atoms with van der Waals surface area (Å²) in [5.74, 6) is -1.51. The molecule has 1 amide bonds. The average Bonchev–Trinajstić information content (AvgIpc) is 2.30. The van der Waals surface area contributed by atoms with Crippen molar-refractivity contribution in [2.45, 2.75) is 26.3 Å². The van der Waals surface area contributed by atoms with Crippen LogP contribution in [-0.4, -0.2) is 39.6 Å². The van der Waals surface area contributed by atoms with Gasteiger partial charge < -0.3 is 15.1 Å². The minimum atomic E-state index is -1.31. The highest BCUT2D eigenvalue weighted by Crippen LogP contribution is 2.23. The molecule has 5 nitrogen and oxygen atoms in total. The summed E-state index contributed by atoms with van der Waals surface area (Å²) in [5.41, 5.74) is -0.572. The van der Waals surface area contributed by atoms with Gasteiger partial charge in [-0.3, -0.25) is 4.79 Å². The molecule has 0 saturated heterocycles. The van der Waals surface area contributed by atoms with Gasteiger partial charge in [-0.15, -0.1) is 0 Å². The molecule has 0 aliphatic heterocycles. The van der Waals surface area contributed by atoms with Gasteiger partial charge in [-0.25, -0.2) is 4.79 Å². The van der Waals surface area contributed by atoms with Gasteiger partial charge in [0.1, 0.15) is 11.3 Å². The fourth-order valence-corrected chi connectivity index (χ4v) is 1.43. The molecule has 0 unspecified atom stereocenters. The van der Waals surface area contributed by atoms with Gasteiger partial charge in [0.15, 0.2) is 0 Å². The van der Waals surface area contributed by atoms with Gasteiger partial charge >= 0.3 is 5.97 Å². The fraction of sp³-hybridized carbons (Fsp3) is 0.385. The molecule has 0 atom stereocenters. The first-order valence-electron chi connectivity index (χ1n) is 5.49. The lowest BCUT2D eigenvalue weighted by Crippen LogP contribution is -2.50. The summed E-state index contributed by atoms with van der Waals surface area (Å²) < 4.78 is 0. The van der Waals surface area contributed by atoms with Crippen LogP contribution in [0, 0.1) is 6.92 Å². The molecule has 5 heteroatoms. The molecular formula is C13H17NO4. The monoisotopic (exact) mass is 251 g/mol. The number of rotatable bonds is 3. The number of benzene rings is 1. The van der Waals surface area contributed by atoms with E-state index in [2.05, 4.69) is 0 Å². The molecule has 0 radical (unpaired) electrons. The Morgan fingerprint density at radius 1 is 1.28 bits per heavy atom. The second kappa shape index (κ2) is 4.68. The third-order valence-electron chi connectivity index (χ3n) is 3.20. The summed E-state index contributed by atoms with van der Waals surface area (Å²) in [6, 6.07) is 4.59. The predicted octanol–water partition coefficient (Wildman–Crippen LogP) is 1.64. The van der Waals surface area contributed by atoms with Crippen LogP contribution >= 0.6 is 0 Å². The zero-order chi connectivity index (χ0) is 14.1. The number of hydrogen-bond acceptors (Lipinski definition) is 3. The molecule has 0 aliphatic rings. The van der Waals surface area contributed by atoms with E-state index < -0.39 is 17.4 Å². The summed E-state index contributed by atoms with van der Waals surface area (Å²) in [6.45, 7) is 4.51. The minimum Gasteiger partial charge on any atom is -0.508 e. The average molecular weight is 251 g/mol. The summed E-state index contributed by atoms with van der Waals surface area (Å²) in [4.78, 5) is 24.5. The Morgan fingerprint density at radius 2 is 1.83 bits per heavy atom. The number of hydrogen-bond donors (Lipinski definition) is 2. The molecule has 1 rings (SSSR count). The Bertz CT molecular complexity index is 494. The Kier molecular flexibility index (Phi) is 3.65. The van der Waals surface area contributed by atoms with Crippen LogP contribution in [0.4, 0.5) is 0 Å². The van der Waals surface area contributed by atoms with E-state index in [1.165, 1.54) is 27.0 Å². The lowest BCUT2D eigenvalue weighted by atomic mass is 10.0. The number of nitrogens with zero attached hydrogens (tertiary/aromatic N) is 1. The first kappa shape index (κ1) is 14.0. The van der Waals surface area contributed by atoms with Gasteiger partial charge in [0.25, 0.3) is 5.91 Å². The van der Waals surface area contributed by atoms with Gasteiger partial charge in [-0.05, 0) is 32.9 Å². The molecule has 0 aliphatic carbocycles. The summed E-state index contributed by atoms with van der Waals surface area (Å²) >= 11 is 0. The maximum absolute atomic E-state index is 12.2. The molecule has 1 aromatic carbocycles. The number of aromatic hydroxyl groups is 1. The minimum absolute atomic E-state index is 0.0161. The first-order valence-corrected chi connectivity index (χ1v) is 5.49. The number of carboxylic acid groups (broad SMARTS) is 1. The highest BCUT2D eigenvalue weighted by molar-refractivity contribution is 5.99. The third kappa shape index (κ3) is 2.30. The standard InChI is InChI=1S/C13H17NO4/c1-8-9(6-5-7-10(8)15)11(16)14(4)13(2,3)12(17)18/h5-7,15H,1-4H3,(H,17,18). The number of carbonyl (C=O) groups is 2. The van der Waals surface area contributed by atoms with E-state index >= 15 is 0 Å². The maximum Gasteiger partial charge on any atom is 0.329 e. The normalized spacial score (nSPS) is 11.1. The third-order valence-corrected chi connectivity index (χ3v) is 3.20. The highest BCUT2D eigenvalue weighted by Gasteiger charge is 2.36. The topological polar surface area (TPSA) is 77.8 Å². The molecule has 98 valence electrons. The van der Waals surface area contributed by atoms with Crippen LogP contribution in [0.3, 0.4) is 0 Å². The van der Waals surface area contributed by atoms with Gasteiger partial charge in [0.2, 0.25) is 0 Å². The Labute approximate surface area is 106 Å². The van der Waals surface area contributed by atoms with Crippen molar-refractivity contribution in [3.8, 4) is 5.75 Å². The first-order chi connectivity index (χ1) is 8.19. The number of phenolic OH excluding ortho intramolecular Hbond substituents is 1. The van der Waals surface area contributed by atoms with Crippen molar-refractivity contribution in [1.82, 2.24) is 4.90 Å². The summed E-state index contributed by atoms with van der Waals surface area (Å²) in [5, 5.41) is 18.6. The van der Waals surface area contributed by atoms with Crippen LogP contribution in [0.5, 0.6) is 5.75 Å². The molecule has 0 fully saturated rings. The zero-order valence-corrected chi connectivity index (χ0v) is 10.9. The fourth-order valence-electron chi connectivity index (χ4n) is 1.43. The van der Waals surface area contributed by atoms with Crippen LogP contribution in [0.25, 0.3) is 0 Å². The van der Waals surface area contributed by atoms with Crippen LogP contribution in [0.2, 0.25) is 0 Å². The van der Waals surface area contributed by atoms with Crippen LogP contribution < -0.4 is 0 Å². The van der Waals surface area contributed by atoms with Crippen LogP contribution in [0.1, 0.15) is 29.8 Å². The number of carbonyl (C=O) groups excluding carboxylic acids is 1. The Hall–Kier alpha value is -2.04. The van der Waals surface area contributed by atoms with E-state index in [0.717, 1.165) is 4.90 Å². The van der Waals surface area contributed by atoms with Gasteiger partial charge in [0.05, 0.1) is 0 Å². The van der Waals surface area contributed by atoms with Gasteiger partial charge in [-0.2, -0.15) is 0 Å². The SMILES string of the molecule is Cc1c(O)cccc1C(=O)N(C)C(C)(C)C(=O)O. The summed E-state index contributed by atoms with van der Waals surface area (Å²) in [7, 11) is 1.43. The highest BCUT2D eigenvalue weighted by atomic mass is 16.4. The van der Waals surface area contributed by atoms with Crippen molar-refractivity contribution < 1.29 is 19.8 Å². The Balaban J connectivity index is 3.16. The van der Waals surface area contributed by atoms with E-state index in [4.69, 9.17) is 5.11 Å². The van der Waals surface area contributed by atoms with Crippen LogP contribution in [0.15, 0.2) is 18.2 Å². The molecule has 2 N–H and O–H groups in total. The maximum atomic E-state index is 12.2. The molecule has 0 heterocycles. The number of likely N-dealkylation sites (N-methyl/N-ethyl adjacent to an activating group) is 1. The van der Waals surface area contributed by atoms with E-state index in [9.17, 15) is 14.7 Å². The lowest BCUT2D eigenvalue weighted by molar-refractivity contribution is -0.147. The molecule has 0 bridgehead atoms. The van der Waals surface area contributed by atoms with E-state index in [1.54, 1.807) is 19.1 Å². The van der Waals surface area contributed by atoms with E-state index in [1.807, 2.05) is 0 Å². The van der Waals surface area contributed by atoms with Crippen molar-refractivity contribution in [2.75, 3.05) is 7.05 Å². The van der Waals surface area contributed by atoms with Gasteiger partial charge in [-0.1, -0.05) is 6.07 Å². The number of aliphatic carboxylic acids is 1. The molecule has 0 saturated carbocycles. The molecule has 18 heavy (non-hydrogen) atoms. The second-order valence-electron chi connectivity index (χ2n) is 4.68. The van der Waals surface area contributed by atoms with E-state index in [-0.39, 0.29) is 5.75 Å². The predicted molar refractivity (Wildman–Crippen MR) is 66.7 cm³/mol. The van der Waals surface area contributed by atoms with Crippen molar-refractivity contribution in [3.05, 3.63) is 29.3 Å². The lowest BCUT2D eigenvalue weighted by Gasteiger charge is -2.32. The van der Waals surface area contributed by atoms with E-state index in [0.29, 0.717) is 11.1 Å². The smallest absolute Gasteiger partial charge is 0.329 e. The van der Waals surface area contributed by atoms with Crippen molar-refractivity contribution in [3.63, 3.8) is 0 Å². The zero-order valence-electron chi connectivity index (χ0n) is 10.9. The number of amides is 1. The molecule has 1 aromatic rings. The molecule has 0 aromatic heterocycles.